The van der Waals surface area contributed by atoms with Crippen LogP contribution >= 0.6 is 0 Å². The maximum atomic E-state index is 6.77. The fourth-order valence-corrected chi connectivity index (χ4v) is 8.27. The Morgan fingerprint density at radius 3 is 1.75 bits per heavy atom. The molecular weight excluding hydrogens is 671 g/mol. The molecule has 0 aliphatic rings. The average molecular weight is 704 g/mol. The Bertz CT molecular complexity index is 3150. The summed E-state index contributed by atoms with van der Waals surface area (Å²) < 4.78 is 13.2. The van der Waals surface area contributed by atoms with Crippen LogP contribution in [0.2, 0.25) is 0 Å². The summed E-state index contributed by atoms with van der Waals surface area (Å²) in [4.78, 5) is 2.42. The second kappa shape index (κ2) is 12.6. The molecule has 0 aliphatic carbocycles. The van der Waals surface area contributed by atoms with Gasteiger partial charge >= 0.3 is 0 Å². The fourth-order valence-electron chi connectivity index (χ4n) is 8.27. The summed E-state index contributed by atoms with van der Waals surface area (Å²) in [6.07, 6.45) is 0. The van der Waals surface area contributed by atoms with Crippen molar-refractivity contribution in [3.05, 3.63) is 200 Å². The molecule has 0 amide bonds. The topological polar surface area (TPSA) is 29.5 Å². The monoisotopic (exact) mass is 703 g/mol. The van der Waals surface area contributed by atoms with Crippen LogP contribution in [0.25, 0.3) is 88.0 Å². The lowest BCUT2D eigenvalue weighted by atomic mass is 9.96. The SMILES string of the molecule is c1ccc(-c2cc(-c3ccccc3)cc(N(c3ccccc3-c3ccc4c(c3)oc3ccccc34)c3cccc4oc5c6ccccc6ccc5c34)c2)cc1. The van der Waals surface area contributed by atoms with Gasteiger partial charge in [0.15, 0.2) is 0 Å². The van der Waals surface area contributed by atoms with E-state index in [0.717, 1.165) is 105 Å². The number of benzene rings is 9. The van der Waals surface area contributed by atoms with Crippen LogP contribution in [-0.2, 0) is 0 Å². The molecule has 0 saturated heterocycles. The third-order valence-electron chi connectivity index (χ3n) is 10.8. The van der Waals surface area contributed by atoms with Gasteiger partial charge in [0.1, 0.15) is 22.3 Å². The van der Waals surface area contributed by atoms with Gasteiger partial charge in [0.2, 0.25) is 0 Å². The Hall–Kier alpha value is -7.36. The number of para-hydroxylation sites is 2. The molecule has 9 aromatic carbocycles. The lowest BCUT2D eigenvalue weighted by Gasteiger charge is -2.29. The zero-order valence-corrected chi connectivity index (χ0v) is 29.8. The Morgan fingerprint density at radius 1 is 0.327 bits per heavy atom. The van der Waals surface area contributed by atoms with Crippen LogP contribution in [0.15, 0.2) is 209 Å². The molecule has 2 heterocycles. The van der Waals surface area contributed by atoms with Crippen molar-refractivity contribution in [2.45, 2.75) is 0 Å². The number of anilines is 3. The molecule has 55 heavy (non-hydrogen) atoms. The molecule has 11 rings (SSSR count). The van der Waals surface area contributed by atoms with E-state index >= 15 is 0 Å². The quantitative estimate of drug-likeness (QED) is 0.173. The minimum Gasteiger partial charge on any atom is -0.456 e. The summed E-state index contributed by atoms with van der Waals surface area (Å²) in [7, 11) is 0. The summed E-state index contributed by atoms with van der Waals surface area (Å²) in [6.45, 7) is 0. The van der Waals surface area contributed by atoms with E-state index in [1.807, 2.05) is 12.1 Å². The molecule has 258 valence electrons. The van der Waals surface area contributed by atoms with E-state index in [-0.39, 0.29) is 0 Å². The highest BCUT2D eigenvalue weighted by Gasteiger charge is 2.24. The van der Waals surface area contributed by atoms with Crippen LogP contribution in [0.1, 0.15) is 0 Å². The van der Waals surface area contributed by atoms with E-state index in [4.69, 9.17) is 8.83 Å². The Morgan fingerprint density at radius 2 is 0.945 bits per heavy atom. The van der Waals surface area contributed by atoms with Crippen molar-refractivity contribution in [2.24, 2.45) is 0 Å². The molecule has 0 N–H and O–H groups in total. The van der Waals surface area contributed by atoms with E-state index in [1.165, 1.54) is 0 Å². The van der Waals surface area contributed by atoms with Crippen LogP contribution in [0.3, 0.4) is 0 Å². The number of nitrogens with zero attached hydrogens (tertiary/aromatic N) is 1. The standard InChI is InChI=1S/C52H33NO2/c1-3-14-34(15-4-1)38-30-39(35-16-5-2-6-17-35)32-40(31-38)53(47-23-13-25-49-51(47)45-29-26-36-18-7-8-20-42(36)52(45)55-49)46-22-11-9-19-41(46)37-27-28-44-43-21-10-12-24-48(43)54-50(44)33-37/h1-33H. The largest absolute Gasteiger partial charge is 0.456 e. The number of hydrogen-bond acceptors (Lipinski definition) is 3. The third-order valence-corrected chi connectivity index (χ3v) is 10.8. The summed E-state index contributed by atoms with van der Waals surface area (Å²) >= 11 is 0. The highest BCUT2D eigenvalue weighted by atomic mass is 16.3. The average Bonchev–Trinajstić information content (AvgIpc) is 3.83. The maximum absolute atomic E-state index is 6.77. The molecule has 3 heteroatoms. The van der Waals surface area contributed by atoms with Crippen molar-refractivity contribution in [2.75, 3.05) is 4.90 Å². The van der Waals surface area contributed by atoms with Gasteiger partial charge in [0.25, 0.3) is 0 Å². The summed E-state index contributed by atoms with van der Waals surface area (Å²) in [6, 6.07) is 71.1. The van der Waals surface area contributed by atoms with Gasteiger partial charge in [-0.2, -0.15) is 0 Å². The molecule has 0 radical (unpaired) electrons. The lowest BCUT2D eigenvalue weighted by molar-refractivity contribution is 0.669. The number of hydrogen-bond donors (Lipinski definition) is 0. The van der Waals surface area contributed by atoms with E-state index < -0.39 is 0 Å². The number of fused-ring (bicyclic) bond motifs is 8. The van der Waals surface area contributed by atoms with Gasteiger partial charge in [0, 0.05) is 32.8 Å². The first-order valence-corrected chi connectivity index (χ1v) is 18.7. The summed E-state index contributed by atoms with van der Waals surface area (Å²) in [5.74, 6) is 0. The van der Waals surface area contributed by atoms with E-state index in [2.05, 4.69) is 193 Å². The highest BCUT2D eigenvalue weighted by Crippen LogP contribution is 2.48. The molecule has 0 bridgehead atoms. The van der Waals surface area contributed by atoms with Crippen LogP contribution in [0, 0.1) is 0 Å². The second-order valence-electron chi connectivity index (χ2n) is 14.1. The second-order valence-corrected chi connectivity index (χ2v) is 14.1. The van der Waals surface area contributed by atoms with Crippen LogP contribution < -0.4 is 4.90 Å². The minimum atomic E-state index is 0.845. The first-order chi connectivity index (χ1) is 27.3. The Labute approximate surface area is 317 Å². The zero-order chi connectivity index (χ0) is 36.3. The molecule has 0 saturated carbocycles. The van der Waals surface area contributed by atoms with Gasteiger partial charge < -0.3 is 13.7 Å². The van der Waals surface area contributed by atoms with Crippen LogP contribution in [0.5, 0.6) is 0 Å². The fraction of sp³-hybridized carbons (Fsp3) is 0. The minimum absolute atomic E-state index is 0.845. The van der Waals surface area contributed by atoms with Gasteiger partial charge in [-0.05, 0) is 93.9 Å². The van der Waals surface area contributed by atoms with Crippen molar-refractivity contribution in [3.8, 4) is 33.4 Å². The molecule has 2 aromatic heterocycles. The van der Waals surface area contributed by atoms with Crippen molar-refractivity contribution < 1.29 is 8.83 Å². The Kier molecular flexibility index (Phi) is 7.17. The van der Waals surface area contributed by atoms with Crippen LogP contribution in [0.4, 0.5) is 17.1 Å². The van der Waals surface area contributed by atoms with Crippen molar-refractivity contribution in [3.63, 3.8) is 0 Å². The predicted octanol–water partition coefficient (Wildman–Crippen LogP) is 15.1. The highest BCUT2D eigenvalue weighted by molar-refractivity contribution is 6.20. The molecule has 3 nitrogen and oxygen atoms in total. The molecular formula is C52H33NO2. The molecule has 0 aliphatic heterocycles. The smallest absolute Gasteiger partial charge is 0.143 e. The predicted molar refractivity (Wildman–Crippen MR) is 229 cm³/mol. The zero-order valence-electron chi connectivity index (χ0n) is 29.8. The van der Waals surface area contributed by atoms with Crippen molar-refractivity contribution in [1.29, 1.82) is 0 Å². The van der Waals surface area contributed by atoms with Gasteiger partial charge in [-0.15, -0.1) is 0 Å². The lowest BCUT2D eigenvalue weighted by Crippen LogP contribution is -2.12. The van der Waals surface area contributed by atoms with Crippen LogP contribution in [-0.4, -0.2) is 0 Å². The number of furan rings is 2. The molecule has 0 atom stereocenters. The normalized spacial score (nSPS) is 11.6. The molecule has 0 unspecified atom stereocenters. The van der Waals surface area contributed by atoms with Gasteiger partial charge in [0.05, 0.1) is 16.8 Å². The third kappa shape index (κ3) is 5.20. The molecule has 0 spiro atoms. The first kappa shape index (κ1) is 31.2. The summed E-state index contributed by atoms with van der Waals surface area (Å²) in [5.41, 5.74) is 13.4. The van der Waals surface area contributed by atoms with E-state index in [0.29, 0.717) is 0 Å². The van der Waals surface area contributed by atoms with Crippen molar-refractivity contribution in [1.82, 2.24) is 0 Å². The van der Waals surface area contributed by atoms with E-state index in [9.17, 15) is 0 Å². The Balaban J connectivity index is 1.22. The van der Waals surface area contributed by atoms with Gasteiger partial charge in [-0.25, -0.2) is 0 Å². The maximum Gasteiger partial charge on any atom is 0.143 e. The van der Waals surface area contributed by atoms with Gasteiger partial charge in [-0.3, -0.25) is 0 Å². The molecule has 0 fully saturated rings. The van der Waals surface area contributed by atoms with Gasteiger partial charge in [-0.1, -0.05) is 140 Å². The van der Waals surface area contributed by atoms with Crippen molar-refractivity contribution >= 4 is 71.7 Å². The van der Waals surface area contributed by atoms with E-state index in [1.54, 1.807) is 0 Å². The first-order valence-electron chi connectivity index (χ1n) is 18.7. The number of rotatable bonds is 6. The molecule has 11 aromatic rings. The summed E-state index contributed by atoms with van der Waals surface area (Å²) in [5, 5.41) is 6.64.